The average molecular weight is 796 g/mol. The normalized spacial score (nSPS) is 17.1. The van der Waals surface area contributed by atoms with Crippen molar-refractivity contribution in [1.82, 2.24) is 4.90 Å². The number of likely N-dealkylation sites (tertiary alicyclic amines) is 1. The van der Waals surface area contributed by atoms with E-state index >= 15 is 0 Å². The summed E-state index contributed by atoms with van der Waals surface area (Å²) in [5, 5.41) is 22.6. The van der Waals surface area contributed by atoms with E-state index in [-0.39, 0.29) is 49.4 Å². The summed E-state index contributed by atoms with van der Waals surface area (Å²) in [5.74, 6) is -2.51. The van der Waals surface area contributed by atoms with Gasteiger partial charge in [-0.05, 0) is 109 Å². The summed E-state index contributed by atoms with van der Waals surface area (Å²) < 4.78 is 67.2. The molecule has 4 N–H and O–H groups in total. The summed E-state index contributed by atoms with van der Waals surface area (Å²) in [4.78, 5) is 31.5. The Labute approximate surface area is 322 Å². The van der Waals surface area contributed by atoms with Crippen molar-refractivity contribution >= 4 is 55.6 Å². The van der Waals surface area contributed by atoms with E-state index in [9.17, 15) is 45.7 Å². The Hall–Kier alpha value is -4.44. The van der Waals surface area contributed by atoms with E-state index in [4.69, 9.17) is 0 Å². The zero-order chi connectivity index (χ0) is 39.7. The molecule has 3 aromatic rings. The standard InChI is InChI=1S/C40H49N3O10S2/c1-3-4-14-41-15-6-9-29-23-34(37(44)25-36(29)41)38(32-22-28-8-5-16-42(35(28)21-26(32)2)17-7-20-54(48,49)50)31-11-10-30(55(51,52)53)24-33(31)39(45)43-18-12-27(13-19-43)40(46)47/h10-11,21-25,27,44H,2-9,12-20H2,1H3,(H,46,47)(H,48,49,50)(H,51,52,53)/b38-32-. The van der Waals surface area contributed by atoms with Crippen LogP contribution in [0, 0.1) is 5.92 Å². The van der Waals surface area contributed by atoms with Gasteiger partial charge >= 0.3 is 5.97 Å². The van der Waals surface area contributed by atoms with Crippen LogP contribution < -0.4 is 20.2 Å². The first-order valence-corrected chi connectivity index (χ1v) is 21.9. The molecule has 0 spiro atoms. The van der Waals surface area contributed by atoms with E-state index in [1.54, 1.807) is 6.07 Å². The summed E-state index contributed by atoms with van der Waals surface area (Å²) in [6.07, 6.45) is 5.77. The number of carbonyl (C=O) groups excluding carboxylic acids is 1. The van der Waals surface area contributed by atoms with Crippen molar-refractivity contribution in [1.29, 1.82) is 0 Å². The number of carboxylic acid groups (broad SMARTS) is 1. The number of nitrogens with zero attached hydrogens (tertiary/aromatic N) is 3. The minimum atomic E-state index is -4.74. The summed E-state index contributed by atoms with van der Waals surface area (Å²) >= 11 is 0. The predicted molar refractivity (Wildman–Crippen MR) is 210 cm³/mol. The van der Waals surface area contributed by atoms with Gasteiger partial charge in [0, 0.05) is 73.4 Å². The molecular formula is C40H49N3O10S2. The highest BCUT2D eigenvalue weighted by Crippen LogP contribution is 2.39. The van der Waals surface area contributed by atoms with E-state index in [1.165, 1.54) is 17.0 Å². The highest BCUT2D eigenvalue weighted by Gasteiger charge is 2.31. The Morgan fingerprint density at radius 2 is 1.42 bits per heavy atom. The maximum Gasteiger partial charge on any atom is 0.306 e. The highest BCUT2D eigenvalue weighted by atomic mass is 32.2. The number of carboxylic acids is 1. The van der Waals surface area contributed by atoms with Crippen LogP contribution in [0.2, 0.25) is 0 Å². The Bertz CT molecular complexity index is 2320. The van der Waals surface area contributed by atoms with Crippen LogP contribution in [-0.2, 0) is 37.9 Å². The smallest absolute Gasteiger partial charge is 0.306 e. The van der Waals surface area contributed by atoms with Crippen LogP contribution in [0.1, 0.15) is 84.5 Å². The van der Waals surface area contributed by atoms with Crippen LogP contribution in [0.25, 0.3) is 12.2 Å². The second kappa shape index (κ2) is 16.3. The molecule has 6 rings (SSSR count). The third-order valence-corrected chi connectivity index (χ3v) is 12.7. The maximum absolute atomic E-state index is 14.5. The molecule has 0 aromatic heterocycles. The largest absolute Gasteiger partial charge is 0.507 e. The fourth-order valence-corrected chi connectivity index (χ4v) is 9.15. The maximum atomic E-state index is 14.5. The van der Waals surface area contributed by atoms with Gasteiger partial charge in [0.15, 0.2) is 0 Å². The zero-order valence-corrected chi connectivity index (χ0v) is 32.7. The number of anilines is 2. The number of piperidine rings is 1. The van der Waals surface area contributed by atoms with Crippen LogP contribution in [0.4, 0.5) is 11.4 Å². The van der Waals surface area contributed by atoms with Gasteiger partial charge in [-0.1, -0.05) is 26.0 Å². The number of unbranched alkanes of at least 4 members (excludes halogenated alkanes) is 1. The van der Waals surface area contributed by atoms with Crippen LogP contribution in [-0.4, -0.2) is 98.0 Å². The van der Waals surface area contributed by atoms with Crippen molar-refractivity contribution in [3.05, 3.63) is 80.7 Å². The molecule has 3 aromatic carbocycles. The van der Waals surface area contributed by atoms with Gasteiger partial charge in [0.05, 0.1) is 16.6 Å². The molecule has 0 saturated carbocycles. The Morgan fingerprint density at radius 1 is 0.800 bits per heavy atom. The SMILES string of the molecule is C=c1cc2c(c/c1=C(/c1cc3c(cc1O)N(CCCC)CCC3)c1ccc(S(=O)(=O)O)cc1C(=O)N1CCC(C(=O)O)CC1)CCCN2CCCS(=O)(=O)O. The van der Waals surface area contributed by atoms with Gasteiger partial charge in [0.25, 0.3) is 26.1 Å². The van der Waals surface area contributed by atoms with Crippen LogP contribution >= 0.6 is 0 Å². The molecule has 3 heterocycles. The number of phenols is 1. The molecule has 1 saturated heterocycles. The molecular weight excluding hydrogens is 747 g/mol. The first kappa shape index (κ1) is 40.2. The third kappa shape index (κ3) is 9.01. The molecule has 0 bridgehead atoms. The van der Waals surface area contributed by atoms with Gasteiger partial charge in [-0.2, -0.15) is 16.8 Å². The molecule has 0 unspecified atom stereocenters. The summed E-state index contributed by atoms with van der Waals surface area (Å²) in [6, 6.07) is 11.4. The number of rotatable bonds is 12. The molecule has 296 valence electrons. The van der Waals surface area contributed by atoms with E-state index in [0.29, 0.717) is 46.6 Å². The van der Waals surface area contributed by atoms with Gasteiger partial charge in [0.1, 0.15) is 5.75 Å². The molecule has 0 aliphatic carbocycles. The Kier molecular flexibility index (Phi) is 12.0. The molecule has 55 heavy (non-hydrogen) atoms. The van der Waals surface area contributed by atoms with E-state index in [1.807, 2.05) is 18.2 Å². The molecule has 15 heteroatoms. The quantitative estimate of drug-likeness (QED) is 0.194. The van der Waals surface area contributed by atoms with Crippen molar-refractivity contribution in [2.75, 3.05) is 54.8 Å². The Balaban J connectivity index is 1.59. The number of aromatic hydroxyl groups is 1. The lowest BCUT2D eigenvalue weighted by Gasteiger charge is -2.33. The minimum absolute atomic E-state index is 0.0375. The number of carbonyl (C=O) groups is 2. The van der Waals surface area contributed by atoms with Crippen LogP contribution in [0.5, 0.6) is 5.75 Å². The highest BCUT2D eigenvalue weighted by molar-refractivity contribution is 7.86. The molecule has 13 nitrogen and oxygen atoms in total. The molecule has 1 fully saturated rings. The van der Waals surface area contributed by atoms with Crippen molar-refractivity contribution in [3.63, 3.8) is 0 Å². The lowest BCUT2D eigenvalue weighted by Crippen LogP contribution is -2.41. The Morgan fingerprint density at radius 3 is 2.02 bits per heavy atom. The lowest BCUT2D eigenvalue weighted by molar-refractivity contribution is -0.143. The van der Waals surface area contributed by atoms with Gasteiger partial charge < -0.3 is 24.9 Å². The molecule has 1 amide bonds. The molecule has 3 aliphatic heterocycles. The van der Waals surface area contributed by atoms with E-state index in [0.717, 1.165) is 73.8 Å². The average Bonchev–Trinajstić information content (AvgIpc) is 3.13. The first-order valence-electron chi connectivity index (χ1n) is 18.9. The number of hydrogen-bond donors (Lipinski definition) is 4. The van der Waals surface area contributed by atoms with E-state index < -0.39 is 42.9 Å². The van der Waals surface area contributed by atoms with Crippen molar-refractivity contribution in [2.24, 2.45) is 5.92 Å². The predicted octanol–water partition coefficient (Wildman–Crippen LogP) is 3.82. The second-order valence-corrected chi connectivity index (χ2v) is 17.8. The number of benzene rings is 3. The topological polar surface area (TPSA) is 193 Å². The van der Waals surface area contributed by atoms with Crippen LogP contribution in [0.15, 0.2) is 47.4 Å². The van der Waals surface area contributed by atoms with Crippen LogP contribution in [0.3, 0.4) is 0 Å². The fourth-order valence-electron chi connectivity index (χ4n) is 8.15. The number of fused-ring (bicyclic) bond motifs is 2. The van der Waals surface area contributed by atoms with Crippen molar-refractivity contribution in [2.45, 2.75) is 69.6 Å². The summed E-state index contributed by atoms with van der Waals surface area (Å²) in [5.41, 5.74) is 4.85. The molecule has 0 radical (unpaired) electrons. The van der Waals surface area contributed by atoms with Gasteiger partial charge in [-0.15, -0.1) is 0 Å². The van der Waals surface area contributed by atoms with Gasteiger partial charge in [-0.25, -0.2) is 0 Å². The summed E-state index contributed by atoms with van der Waals surface area (Å²) in [7, 11) is -8.87. The number of aliphatic carboxylic acids is 1. The third-order valence-electron chi connectivity index (χ3n) is 11.0. The van der Waals surface area contributed by atoms with Crippen molar-refractivity contribution in [3.8, 4) is 5.75 Å². The second-order valence-electron chi connectivity index (χ2n) is 14.8. The monoisotopic (exact) mass is 795 g/mol. The van der Waals surface area contributed by atoms with Gasteiger partial charge in [-0.3, -0.25) is 18.7 Å². The van der Waals surface area contributed by atoms with Crippen molar-refractivity contribution < 1.29 is 45.7 Å². The summed E-state index contributed by atoms with van der Waals surface area (Å²) in [6.45, 7) is 9.53. The first-order chi connectivity index (χ1) is 26.1. The molecule has 3 aliphatic rings. The molecule has 0 atom stereocenters. The fraction of sp³-hybridized carbons (Fsp3) is 0.450. The zero-order valence-electron chi connectivity index (χ0n) is 31.0. The van der Waals surface area contributed by atoms with Gasteiger partial charge in [0.2, 0.25) is 0 Å². The number of hydrogen-bond acceptors (Lipinski definition) is 9. The number of amides is 1. The lowest BCUT2D eigenvalue weighted by atomic mass is 9.86. The number of phenolic OH excluding ortho intramolecular Hbond substituents is 1. The minimum Gasteiger partial charge on any atom is -0.507 e. The van der Waals surface area contributed by atoms with E-state index in [2.05, 4.69) is 23.3 Å². The number of aryl methyl sites for hydroxylation is 2.